The Morgan fingerprint density at radius 3 is 2.44 bits per heavy atom. The lowest BCUT2D eigenvalue weighted by molar-refractivity contribution is -0.113. The molecule has 0 spiro atoms. The van der Waals surface area contributed by atoms with E-state index in [1.54, 1.807) is 41.1 Å². The van der Waals surface area contributed by atoms with Crippen LogP contribution in [0.15, 0.2) is 77.8 Å². The minimum atomic E-state index is -3.90. The Bertz CT molecular complexity index is 1410. The molecular weight excluding hydrogens is 427 g/mol. The normalized spacial score (nSPS) is 11.6. The van der Waals surface area contributed by atoms with Crippen LogP contribution in [0.5, 0.6) is 0 Å². The minimum Gasteiger partial charge on any atom is -0.342 e. The first-order valence-electron chi connectivity index (χ1n) is 10.1. The van der Waals surface area contributed by atoms with Crippen LogP contribution in [0.4, 0.5) is 10.1 Å². The molecule has 0 saturated carbocycles. The van der Waals surface area contributed by atoms with Gasteiger partial charge in [-0.05, 0) is 49.2 Å². The zero-order chi connectivity index (χ0) is 22.9. The number of hydrogen-bond acceptors (Lipinski definition) is 3. The van der Waals surface area contributed by atoms with E-state index in [1.165, 1.54) is 12.1 Å². The third-order valence-electron chi connectivity index (χ3n) is 5.33. The lowest BCUT2D eigenvalue weighted by atomic mass is 10.1. The van der Waals surface area contributed by atoms with Gasteiger partial charge in [0.1, 0.15) is 11.6 Å². The predicted molar refractivity (Wildman–Crippen MR) is 124 cm³/mol. The number of sulfone groups is 1. The molecule has 0 atom stereocenters. The number of carbonyl (C=O) groups excluding carboxylic acids is 1. The van der Waals surface area contributed by atoms with E-state index in [-0.39, 0.29) is 10.7 Å². The number of amides is 1. The van der Waals surface area contributed by atoms with Crippen molar-refractivity contribution in [1.29, 1.82) is 0 Å². The van der Waals surface area contributed by atoms with Crippen molar-refractivity contribution in [2.45, 2.75) is 25.3 Å². The quantitative estimate of drug-likeness (QED) is 0.456. The summed E-state index contributed by atoms with van der Waals surface area (Å²) in [4.78, 5) is 12.7. The summed E-state index contributed by atoms with van der Waals surface area (Å²) < 4.78 is 41.4. The van der Waals surface area contributed by atoms with Crippen LogP contribution in [0.25, 0.3) is 10.9 Å². The van der Waals surface area contributed by atoms with E-state index in [0.29, 0.717) is 17.6 Å². The molecule has 1 heterocycles. The van der Waals surface area contributed by atoms with E-state index in [4.69, 9.17) is 0 Å². The summed E-state index contributed by atoms with van der Waals surface area (Å²) in [6.07, 6.45) is 1.55. The van der Waals surface area contributed by atoms with Crippen LogP contribution in [0.2, 0.25) is 0 Å². The Morgan fingerprint density at radius 1 is 1.00 bits per heavy atom. The number of rotatable bonds is 6. The van der Waals surface area contributed by atoms with Crippen LogP contribution < -0.4 is 5.32 Å². The number of para-hydroxylation sites is 1. The number of aryl methyl sites for hydroxylation is 2. The second kappa shape index (κ2) is 8.59. The summed E-state index contributed by atoms with van der Waals surface area (Å²) in [5, 5.41) is 3.25. The second-order valence-electron chi connectivity index (χ2n) is 7.89. The summed E-state index contributed by atoms with van der Waals surface area (Å²) in [5.74, 6) is -1.58. The molecule has 164 valence electrons. The van der Waals surface area contributed by atoms with Gasteiger partial charge in [0.05, 0.1) is 4.90 Å². The first-order valence-corrected chi connectivity index (χ1v) is 11.8. The van der Waals surface area contributed by atoms with Gasteiger partial charge in [0.15, 0.2) is 9.84 Å². The molecule has 4 aromatic rings. The van der Waals surface area contributed by atoms with Gasteiger partial charge in [-0.3, -0.25) is 4.79 Å². The van der Waals surface area contributed by atoms with Crippen LogP contribution in [0, 0.1) is 19.7 Å². The minimum absolute atomic E-state index is 0.103. The summed E-state index contributed by atoms with van der Waals surface area (Å²) in [6, 6.07) is 18.8. The Balaban J connectivity index is 1.63. The number of carbonyl (C=O) groups is 1. The number of hydrogen-bond donors (Lipinski definition) is 1. The van der Waals surface area contributed by atoms with Crippen molar-refractivity contribution in [3.63, 3.8) is 0 Å². The van der Waals surface area contributed by atoms with Crippen molar-refractivity contribution in [3.8, 4) is 0 Å². The smallest absolute Gasteiger partial charge is 0.239 e. The topological polar surface area (TPSA) is 68.2 Å². The Labute approximate surface area is 186 Å². The Hall–Kier alpha value is -3.45. The molecule has 1 amide bonds. The van der Waals surface area contributed by atoms with Gasteiger partial charge in [-0.15, -0.1) is 0 Å². The lowest BCUT2D eigenvalue weighted by Gasteiger charge is -2.09. The number of nitrogens with one attached hydrogen (secondary N) is 1. The van der Waals surface area contributed by atoms with E-state index in [0.717, 1.165) is 22.2 Å². The molecule has 0 radical (unpaired) electrons. The van der Waals surface area contributed by atoms with Gasteiger partial charge >= 0.3 is 0 Å². The maximum atomic E-state index is 13.2. The van der Waals surface area contributed by atoms with Gasteiger partial charge in [0, 0.05) is 29.3 Å². The Morgan fingerprint density at radius 2 is 1.72 bits per heavy atom. The summed E-state index contributed by atoms with van der Waals surface area (Å²) in [7, 11) is -3.90. The highest BCUT2D eigenvalue weighted by molar-refractivity contribution is 7.92. The molecule has 7 heteroatoms. The van der Waals surface area contributed by atoms with Gasteiger partial charge < -0.3 is 9.88 Å². The average molecular weight is 451 g/mol. The fourth-order valence-electron chi connectivity index (χ4n) is 3.77. The molecule has 0 aliphatic carbocycles. The molecule has 0 aliphatic heterocycles. The fraction of sp³-hybridized carbons (Fsp3) is 0.160. The highest BCUT2D eigenvalue weighted by atomic mass is 32.2. The number of fused-ring (bicyclic) bond motifs is 1. The molecule has 0 bridgehead atoms. The molecule has 0 aliphatic rings. The zero-order valence-corrected chi connectivity index (χ0v) is 18.6. The third-order valence-corrected chi connectivity index (χ3v) is 6.97. The molecule has 32 heavy (non-hydrogen) atoms. The van der Waals surface area contributed by atoms with Crippen molar-refractivity contribution in [2.75, 3.05) is 11.1 Å². The molecular formula is C25H23FN2O3S. The van der Waals surface area contributed by atoms with Crippen molar-refractivity contribution < 1.29 is 17.6 Å². The van der Waals surface area contributed by atoms with E-state index >= 15 is 0 Å². The highest BCUT2D eigenvalue weighted by Gasteiger charge is 2.24. The molecule has 0 unspecified atom stereocenters. The molecule has 0 saturated heterocycles. The van der Waals surface area contributed by atoms with Crippen LogP contribution in [-0.4, -0.2) is 24.6 Å². The van der Waals surface area contributed by atoms with Crippen molar-refractivity contribution >= 4 is 32.3 Å². The molecule has 3 aromatic carbocycles. The predicted octanol–water partition coefficient (Wildman–Crippen LogP) is 4.86. The monoisotopic (exact) mass is 450 g/mol. The van der Waals surface area contributed by atoms with Gasteiger partial charge in [0.25, 0.3) is 0 Å². The summed E-state index contributed by atoms with van der Waals surface area (Å²) in [6.45, 7) is 4.19. The zero-order valence-electron chi connectivity index (χ0n) is 17.8. The van der Waals surface area contributed by atoms with E-state index in [2.05, 4.69) is 5.32 Å². The van der Waals surface area contributed by atoms with Crippen LogP contribution >= 0.6 is 0 Å². The lowest BCUT2D eigenvalue weighted by Crippen LogP contribution is -2.23. The second-order valence-corrected chi connectivity index (χ2v) is 9.85. The summed E-state index contributed by atoms with van der Waals surface area (Å²) >= 11 is 0. The molecule has 1 N–H and O–H groups in total. The van der Waals surface area contributed by atoms with Gasteiger partial charge in [-0.2, -0.15) is 0 Å². The van der Waals surface area contributed by atoms with Crippen molar-refractivity contribution in [2.24, 2.45) is 0 Å². The largest absolute Gasteiger partial charge is 0.342 e. The van der Waals surface area contributed by atoms with Crippen LogP contribution in [0.1, 0.15) is 16.7 Å². The fourth-order valence-corrected chi connectivity index (χ4v) is 5.14. The summed E-state index contributed by atoms with van der Waals surface area (Å²) in [5.41, 5.74) is 4.08. The van der Waals surface area contributed by atoms with E-state index in [1.807, 2.05) is 38.1 Å². The standard InChI is InChI=1S/C25H23FN2O3S/c1-17-7-12-22(18(2)13-17)27-25(29)16-32(30,31)24-15-28(23-6-4-3-5-21(23)24)14-19-8-10-20(26)11-9-19/h3-13,15H,14,16H2,1-2H3,(H,27,29). The van der Waals surface area contributed by atoms with Crippen LogP contribution in [-0.2, 0) is 21.2 Å². The first kappa shape index (κ1) is 21.8. The van der Waals surface area contributed by atoms with Crippen LogP contribution in [0.3, 0.4) is 0 Å². The molecule has 4 rings (SSSR count). The van der Waals surface area contributed by atoms with Crippen molar-refractivity contribution in [3.05, 3.63) is 95.4 Å². The molecule has 1 aromatic heterocycles. The first-order chi connectivity index (χ1) is 15.2. The number of halogens is 1. The number of anilines is 1. The SMILES string of the molecule is Cc1ccc(NC(=O)CS(=O)(=O)c2cn(Cc3ccc(F)cc3)c3ccccc23)c(C)c1. The third kappa shape index (κ3) is 4.57. The maximum absolute atomic E-state index is 13.2. The number of benzene rings is 3. The number of aromatic nitrogens is 1. The van der Waals surface area contributed by atoms with Gasteiger partial charge in [0.2, 0.25) is 5.91 Å². The Kier molecular flexibility index (Phi) is 5.84. The number of nitrogens with zero attached hydrogens (tertiary/aromatic N) is 1. The maximum Gasteiger partial charge on any atom is 0.239 e. The average Bonchev–Trinajstić information content (AvgIpc) is 3.11. The van der Waals surface area contributed by atoms with Gasteiger partial charge in [-0.1, -0.05) is 48.0 Å². The molecule has 0 fully saturated rings. The van der Waals surface area contributed by atoms with E-state index < -0.39 is 21.5 Å². The molecule has 5 nitrogen and oxygen atoms in total. The van der Waals surface area contributed by atoms with E-state index in [9.17, 15) is 17.6 Å². The highest BCUT2D eigenvalue weighted by Crippen LogP contribution is 2.27. The van der Waals surface area contributed by atoms with Crippen molar-refractivity contribution in [1.82, 2.24) is 4.57 Å². The van der Waals surface area contributed by atoms with Gasteiger partial charge in [-0.25, -0.2) is 12.8 Å².